The lowest BCUT2D eigenvalue weighted by Gasteiger charge is -2.33. The number of carbonyl (C=O) groups is 1. The van der Waals surface area contributed by atoms with Crippen molar-refractivity contribution < 1.29 is 14.3 Å². The molecule has 0 spiro atoms. The Morgan fingerprint density at radius 1 is 1.07 bits per heavy atom. The summed E-state index contributed by atoms with van der Waals surface area (Å²) < 4.78 is 11.2. The van der Waals surface area contributed by atoms with Crippen LogP contribution in [0.5, 0.6) is 5.75 Å². The Hall–Kier alpha value is -2.95. The Morgan fingerprint density at radius 2 is 1.79 bits per heavy atom. The van der Waals surface area contributed by atoms with Gasteiger partial charge in [-0.05, 0) is 38.0 Å². The van der Waals surface area contributed by atoms with Crippen molar-refractivity contribution in [2.45, 2.75) is 38.3 Å². The molecule has 2 atom stereocenters. The number of carbonyl (C=O) groups excluding carboxylic acids is 1. The number of methoxy groups -OCH3 is 1. The van der Waals surface area contributed by atoms with E-state index in [0.29, 0.717) is 0 Å². The van der Waals surface area contributed by atoms with Crippen molar-refractivity contribution in [3.8, 4) is 5.75 Å². The molecule has 0 radical (unpaired) electrons. The van der Waals surface area contributed by atoms with Gasteiger partial charge in [0.2, 0.25) is 0 Å². The number of hydrogen-bond donors (Lipinski definition) is 1. The van der Waals surface area contributed by atoms with Crippen LogP contribution in [-0.4, -0.2) is 32.9 Å². The van der Waals surface area contributed by atoms with Gasteiger partial charge < -0.3 is 19.7 Å². The van der Waals surface area contributed by atoms with Gasteiger partial charge in [0.1, 0.15) is 11.4 Å². The fourth-order valence-corrected chi connectivity index (χ4v) is 3.60. The van der Waals surface area contributed by atoms with Crippen molar-refractivity contribution >= 4 is 17.9 Å². The summed E-state index contributed by atoms with van der Waals surface area (Å²) in [6, 6.07) is 14.0. The van der Waals surface area contributed by atoms with Gasteiger partial charge in [-0.1, -0.05) is 42.5 Å². The van der Waals surface area contributed by atoms with Crippen molar-refractivity contribution in [1.29, 1.82) is 0 Å². The van der Waals surface area contributed by atoms with Crippen LogP contribution in [0.3, 0.4) is 0 Å². The number of amides is 1. The minimum absolute atomic E-state index is 0.0800. The van der Waals surface area contributed by atoms with E-state index in [1.165, 1.54) is 0 Å². The maximum atomic E-state index is 12.6. The summed E-state index contributed by atoms with van der Waals surface area (Å²) in [6.45, 7) is 5.59. The molecule has 3 rings (SSSR count). The molecule has 0 heterocycles. The van der Waals surface area contributed by atoms with Crippen LogP contribution in [0.2, 0.25) is 0 Å². The molecule has 2 aromatic carbocycles. The fraction of sp³-hybridized carbons (Fsp3) is 0.375. The smallest absolute Gasteiger partial charge is 0.408 e. The summed E-state index contributed by atoms with van der Waals surface area (Å²) in [6.07, 6.45) is 3.80. The van der Waals surface area contributed by atoms with E-state index < -0.39 is 11.7 Å². The highest BCUT2D eigenvalue weighted by Crippen LogP contribution is 2.43. The maximum absolute atomic E-state index is 12.6. The highest BCUT2D eigenvalue weighted by molar-refractivity contribution is 5.71. The second-order valence-electron chi connectivity index (χ2n) is 8.46. The van der Waals surface area contributed by atoms with Crippen LogP contribution in [0.1, 0.15) is 49.4 Å². The molecule has 1 amide bonds. The zero-order valence-corrected chi connectivity index (χ0v) is 18.0. The predicted octanol–water partition coefficient (Wildman–Crippen LogP) is 5.14. The van der Waals surface area contributed by atoms with E-state index in [4.69, 9.17) is 9.47 Å². The summed E-state index contributed by atoms with van der Waals surface area (Å²) in [7, 11) is 5.67. The van der Waals surface area contributed by atoms with Crippen molar-refractivity contribution in [3.05, 3.63) is 65.2 Å². The first-order chi connectivity index (χ1) is 13.7. The van der Waals surface area contributed by atoms with Gasteiger partial charge in [-0.2, -0.15) is 0 Å². The number of benzene rings is 2. The molecule has 5 nitrogen and oxygen atoms in total. The minimum atomic E-state index is -0.561. The summed E-state index contributed by atoms with van der Waals surface area (Å²) in [5.41, 5.74) is 3.67. The van der Waals surface area contributed by atoms with Gasteiger partial charge in [0.25, 0.3) is 0 Å². The molecule has 0 saturated heterocycles. The van der Waals surface area contributed by atoms with Gasteiger partial charge in [0, 0.05) is 37.3 Å². The van der Waals surface area contributed by atoms with E-state index in [1.54, 1.807) is 7.11 Å². The molecule has 1 aliphatic rings. The van der Waals surface area contributed by atoms with Crippen LogP contribution in [-0.2, 0) is 4.74 Å². The highest BCUT2D eigenvalue weighted by Gasteiger charge is 2.32. The van der Waals surface area contributed by atoms with E-state index in [2.05, 4.69) is 41.7 Å². The molecular formula is C24H30N2O3. The molecular weight excluding hydrogens is 364 g/mol. The third-order valence-corrected chi connectivity index (χ3v) is 4.94. The van der Waals surface area contributed by atoms with Crippen LogP contribution in [0.25, 0.3) is 6.08 Å². The molecule has 0 fully saturated rings. The van der Waals surface area contributed by atoms with E-state index in [0.717, 1.165) is 28.1 Å². The van der Waals surface area contributed by atoms with Crippen molar-refractivity contribution in [3.63, 3.8) is 0 Å². The Morgan fingerprint density at radius 3 is 2.45 bits per heavy atom. The third kappa shape index (κ3) is 4.73. The number of fused-ring (bicyclic) bond motifs is 1. The van der Waals surface area contributed by atoms with Crippen LogP contribution in [0, 0.1) is 0 Å². The molecule has 2 aromatic rings. The summed E-state index contributed by atoms with van der Waals surface area (Å²) >= 11 is 0. The molecule has 1 N–H and O–H groups in total. The zero-order valence-electron chi connectivity index (χ0n) is 18.0. The molecule has 154 valence electrons. The average molecular weight is 395 g/mol. The van der Waals surface area contributed by atoms with Gasteiger partial charge in [-0.15, -0.1) is 0 Å². The van der Waals surface area contributed by atoms with E-state index in [1.807, 2.05) is 58.0 Å². The van der Waals surface area contributed by atoms with Crippen LogP contribution in [0.4, 0.5) is 10.5 Å². The van der Waals surface area contributed by atoms with E-state index >= 15 is 0 Å². The molecule has 0 bridgehead atoms. The molecule has 29 heavy (non-hydrogen) atoms. The van der Waals surface area contributed by atoms with Crippen molar-refractivity contribution in [2.24, 2.45) is 0 Å². The Bertz CT molecular complexity index is 913. The summed E-state index contributed by atoms with van der Waals surface area (Å²) in [5.74, 6) is 0.713. The topological polar surface area (TPSA) is 50.8 Å². The Kier molecular flexibility index (Phi) is 5.87. The highest BCUT2D eigenvalue weighted by atomic mass is 16.6. The minimum Gasteiger partial charge on any atom is -0.496 e. The summed E-state index contributed by atoms with van der Waals surface area (Å²) in [4.78, 5) is 14.7. The van der Waals surface area contributed by atoms with Crippen LogP contribution >= 0.6 is 0 Å². The summed E-state index contributed by atoms with van der Waals surface area (Å²) in [5, 5.41) is 3.09. The first-order valence-corrected chi connectivity index (χ1v) is 9.81. The molecule has 0 aliphatic heterocycles. The predicted molar refractivity (Wildman–Crippen MR) is 118 cm³/mol. The quantitative estimate of drug-likeness (QED) is 0.780. The standard InChI is InChI=1S/C24H30N2O3/c1-24(2,3)29-23(27)25-22-18-10-8-7-9-16(18)11-13-20(22)19-14-12-17(26(4)5)15-21(19)28-6/h7-15,20,22H,1-6H3,(H,25,27)/t20-,22+/m1/s1. The first-order valence-electron chi connectivity index (χ1n) is 9.81. The van der Waals surface area contributed by atoms with Gasteiger partial charge >= 0.3 is 6.09 Å². The van der Waals surface area contributed by atoms with Gasteiger partial charge in [0.15, 0.2) is 0 Å². The number of rotatable bonds is 4. The molecule has 1 aliphatic carbocycles. The maximum Gasteiger partial charge on any atom is 0.408 e. The zero-order chi connectivity index (χ0) is 21.2. The normalized spacial score (nSPS) is 18.0. The van der Waals surface area contributed by atoms with Crippen molar-refractivity contribution in [1.82, 2.24) is 5.32 Å². The van der Waals surface area contributed by atoms with Gasteiger partial charge in [0.05, 0.1) is 13.2 Å². The monoisotopic (exact) mass is 394 g/mol. The number of nitrogens with one attached hydrogen (secondary N) is 1. The third-order valence-electron chi connectivity index (χ3n) is 4.94. The first kappa shape index (κ1) is 20.8. The van der Waals surface area contributed by atoms with Crippen LogP contribution < -0.4 is 15.0 Å². The second-order valence-corrected chi connectivity index (χ2v) is 8.46. The van der Waals surface area contributed by atoms with E-state index in [9.17, 15) is 4.79 Å². The molecule has 0 saturated carbocycles. The van der Waals surface area contributed by atoms with Crippen LogP contribution in [0.15, 0.2) is 48.5 Å². The Balaban J connectivity index is 2.01. The van der Waals surface area contributed by atoms with Gasteiger partial charge in [-0.25, -0.2) is 4.79 Å². The van der Waals surface area contributed by atoms with Gasteiger partial charge in [-0.3, -0.25) is 0 Å². The lowest BCUT2D eigenvalue weighted by Crippen LogP contribution is -2.38. The molecule has 0 aromatic heterocycles. The SMILES string of the molecule is COc1cc(N(C)C)ccc1[C@H]1C=Cc2ccccc2[C@@H]1NC(=O)OC(C)(C)C. The number of alkyl carbamates (subject to hydrolysis) is 1. The molecule has 0 unspecified atom stereocenters. The number of hydrogen-bond acceptors (Lipinski definition) is 4. The number of ether oxygens (including phenoxy) is 2. The molecule has 5 heteroatoms. The average Bonchev–Trinajstić information content (AvgIpc) is 2.66. The van der Waals surface area contributed by atoms with Crippen molar-refractivity contribution in [2.75, 3.05) is 26.1 Å². The largest absolute Gasteiger partial charge is 0.496 e. The number of nitrogens with zero attached hydrogens (tertiary/aromatic N) is 1. The fourth-order valence-electron chi connectivity index (χ4n) is 3.60. The number of anilines is 1. The second kappa shape index (κ2) is 8.19. The Labute approximate surface area is 173 Å². The lowest BCUT2D eigenvalue weighted by molar-refractivity contribution is 0.0499. The van der Waals surface area contributed by atoms with E-state index in [-0.39, 0.29) is 12.0 Å². The lowest BCUT2D eigenvalue weighted by atomic mass is 9.80.